The van der Waals surface area contributed by atoms with Crippen molar-refractivity contribution >= 4 is 40.1 Å². The summed E-state index contributed by atoms with van der Waals surface area (Å²) in [7, 11) is 0. The first kappa shape index (κ1) is 22.0. The molecule has 0 unspecified atom stereocenters. The Hall–Kier alpha value is -3.85. The van der Waals surface area contributed by atoms with Gasteiger partial charge in [-0.1, -0.05) is 36.0 Å². The summed E-state index contributed by atoms with van der Waals surface area (Å²) in [6.45, 7) is 0.405. The number of nitrogens with one attached hydrogen (secondary N) is 1. The van der Waals surface area contributed by atoms with Gasteiger partial charge in [0.2, 0.25) is 18.6 Å². The van der Waals surface area contributed by atoms with E-state index in [0.29, 0.717) is 28.0 Å². The van der Waals surface area contributed by atoms with Crippen molar-refractivity contribution in [3.8, 4) is 11.5 Å². The van der Waals surface area contributed by atoms with E-state index >= 15 is 0 Å². The number of benzene rings is 3. The molecule has 2 amide bonds. The topological polar surface area (TPSA) is 80.2 Å². The zero-order valence-corrected chi connectivity index (χ0v) is 18.8. The fourth-order valence-corrected chi connectivity index (χ4v) is 4.69. The van der Waals surface area contributed by atoms with Crippen LogP contribution in [0.5, 0.6) is 11.5 Å². The highest BCUT2D eigenvalue weighted by atomic mass is 32.2. The number of thioether (sulfide) groups is 1. The lowest BCUT2D eigenvalue weighted by atomic mass is 10.1. The average Bonchev–Trinajstić information content (AvgIpc) is 3.31. The Morgan fingerprint density at radius 2 is 1.82 bits per heavy atom. The van der Waals surface area contributed by atoms with Gasteiger partial charge in [-0.25, -0.2) is 9.38 Å². The van der Waals surface area contributed by atoms with Crippen molar-refractivity contribution in [2.45, 2.75) is 18.2 Å². The van der Waals surface area contributed by atoms with Gasteiger partial charge in [0.1, 0.15) is 11.1 Å². The number of rotatable bonds is 5. The molecule has 1 atom stereocenters. The number of halogens is 1. The van der Waals surface area contributed by atoms with Crippen LogP contribution in [-0.2, 0) is 16.1 Å². The van der Waals surface area contributed by atoms with Crippen molar-refractivity contribution in [2.24, 2.45) is 4.99 Å². The number of aliphatic imine (C=N–C) groups is 1. The number of hydrogen-bond donors (Lipinski definition) is 1. The van der Waals surface area contributed by atoms with E-state index in [0.717, 1.165) is 5.56 Å². The minimum atomic E-state index is -0.653. The fourth-order valence-electron chi connectivity index (χ4n) is 3.59. The number of hydrogen-bond acceptors (Lipinski definition) is 6. The first-order valence-corrected chi connectivity index (χ1v) is 11.5. The van der Waals surface area contributed by atoms with E-state index in [1.165, 1.54) is 40.9 Å². The summed E-state index contributed by atoms with van der Waals surface area (Å²) in [4.78, 5) is 32.2. The smallest absolute Gasteiger partial charge is 0.238 e. The molecule has 0 aliphatic carbocycles. The third-order valence-corrected chi connectivity index (χ3v) is 6.49. The first-order chi connectivity index (χ1) is 16.5. The minimum absolute atomic E-state index is 0.0241. The number of amidine groups is 1. The lowest BCUT2D eigenvalue weighted by molar-refractivity contribution is -0.129. The van der Waals surface area contributed by atoms with E-state index in [-0.39, 0.29) is 37.4 Å². The summed E-state index contributed by atoms with van der Waals surface area (Å²) in [6.07, 6.45) is 0.0241. The maximum atomic E-state index is 13.4. The predicted molar refractivity (Wildman–Crippen MR) is 128 cm³/mol. The van der Waals surface area contributed by atoms with Gasteiger partial charge in [0.15, 0.2) is 16.7 Å². The summed E-state index contributed by atoms with van der Waals surface area (Å²) < 4.78 is 24.2. The van der Waals surface area contributed by atoms with Crippen molar-refractivity contribution in [2.75, 3.05) is 12.1 Å². The zero-order valence-electron chi connectivity index (χ0n) is 17.9. The summed E-state index contributed by atoms with van der Waals surface area (Å²) in [5.41, 5.74) is 1.97. The van der Waals surface area contributed by atoms with Crippen LogP contribution >= 0.6 is 11.8 Å². The van der Waals surface area contributed by atoms with E-state index in [1.807, 2.05) is 30.3 Å². The standard InChI is InChI=1S/C25H20FN3O4S/c26-17-7-9-19(10-8-17)28-25-29(14-16-6-11-20-21(12-16)33-15-32-20)23(30)13-22(34-25)24(31)27-18-4-2-1-3-5-18/h1-12,22H,13-15H2,(H,27,31)/t22-/m0/s1. The molecule has 7 nitrogen and oxygen atoms in total. The highest BCUT2D eigenvalue weighted by Gasteiger charge is 2.36. The van der Waals surface area contributed by atoms with Crippen molar-refractivity contribution < 1.29 is 23.5 Å². The van der Waals surface area contributed by atoms with Crippen molar-refractivity contribution in [1.29, 1.82) is 0 Å². The number of carbonyl (C=O) groups is 2. The Bertz CT molecular complexity index is 1250. The van der Waals surface area contributed by atoms with Crippen LogP contribution in [0.3, 0.4) is 0 Å². The quantitative estimate of drug-likeness (QED) is 0.576. The molecular formula is C25H20FN3O4S. The molecule has 0 saturated carbocycles. The van der Waals surface area contributed by atoms with Crippen LogP contribution in [0.1, 0.15) is 12.0 Å². The molecule has 0 aromatic heterocycles. The number of nitrogens with zero attached hydrogens (tertiary/aromatic N) is 2. The largest absolute Gasteiger partial charge is 0.454 e. The summed E-state index contributed by atoms with van der Waals surface area (Å²) in [5, 5.41) is 2.57. The Kier molecular flexibility index (Phi) is 6.18. The summed E-state index contributed by atoms with van der Waals surface area (Å²) in [5.74, 6) is 0.380. The van der Waals surface area contributed by atoms with Gasteiger partial charge in [-0.05, 0) is 54.1 Å². The monoisotopic (exact) mass is 477 g/mol. The van der Waals surface area contributed by atoms with Crippen LogP contribution < -0.4 is 14.8 Å². The molecule has 34 heavy (non-hydrogen) atoms. The van der Waals surface area contributed by atoms with Gasteiger partial charge < -0.3 is 14.8 Å². The van der Waals surface area contributed by atoms with E-state index in [4.69, 9.17) is 9.47 Å². The molecule has 2 aliphatic rings. The van der Waals surface area contributed by atoms with Crippen LogP contribution in [-0.4, -0.2) is 33.9 Å². The molecule has 0 bridgehead atoms. The Morgan fingerprint density at radius 1 is 1.06 bits per heavy atom. The minimum Gasteiger partial charge on any atom is -0.454 e. The second-order valence-electron chi connectivity index (χ2n) is 7.70. The number of fused-ring (bicyclic) bond motifs is 1. The Balaban J connectivity index is 1.41. The zero-order chi connectivity index (χ0) is 23.5. The average molecular weight is 478 g/mol. The van der Waals surface area contributed by atoms with Gasteiger partial charge in [-0.2, -0.15) is 0 Å². The molecule has 172 valence electrons. The van der Waals surface area contributed by atoms with Crippen molar-refractivity contribution in [3.63, 3.8) is 0 Å². The molecule has 0 spiro atoms. The van der Waals surface area contributed by atoms with Crippen molar-refractivity contribution in [1.82, 2.24) is 4.90 Å². The van der Waals surface area contributed by atoms with Gasteiger partial charge in [0.25, 0.3) is 0 Å². The number of ether oxygens (including phenoxy) is 2. The van der Waals surface area contributed by atoms with E-state index < -0.39 is 5.25 Å². The molecule has 2 aliphatic heterocycles. The third kappa shape index (κ3) is 4.89. The second-order valence-corrected chi connectivity index (χ2v) is 8.87. The van der Waals surface area contributed by atoms with Crippen LogP contribution in [0.4, 0.5) is 15.8 Å². The molecule has 3 aromatic rings. The second kappa shape index (κ2) is 9.56. The molecule has 2 heterocycles. The highest BCUT2D eigenvalue weighted by Crippen LogP contribution is 2.35. The SMILES string of the molecule is O=C(Nc1ccccc1)[C@@H]1CC(=O)N(Cc2ccc3c(c2)OCO3)C(=Nc2ccc(F)cc2)S1. The number of anilines is 1. The molecular weight excluding hydrogens is 457 g/mol. The predicted octanol–water partition coefficient (Wildman–Crippen LogP) is 4.71. The first-order valence-electron chi connectivity index (χ1n) is 10.6. The number of carbonyl (C=O) groups excluding carboxylic acids is 2. The van der Waals surface area contributed by atoms with E-state index in [9.17, 15) is 14.0 Å². The van der Waals surface area contributed by atoms with Crippen LogP contribution in [0, 0.1) is 5.82 Å². The van der Waals surface area contributed by atoms with Crippen LogP contribution in [0.25, 0.3) is 0 Å². The summed E-state index contributed by atoms with van der Waals surface area (Å²) in [6, 6.07) is 20.2. The van der Waals surface area contributed by atoms with Crippen LogP contribution in [0.15, 0.2) is 77.8 Å². The van der Waals surface area contributed by atoms with Gasteiger partial charge >= 0.3 is 0 Å². The van der Waals surface area contributed by atoms with E-state index in [2.05, 4.69) is 10.3 Å². The summed E-state index contributed by atoms with van der Waals surface area (Å²) >= 11 is 1.21. The Labute approximate surface area is 199 Å². The maximum absolute atomic E-state index is 13.4. The van der Waals surface area contributed by atoms with Gasteiger partial charge in [0, 0.05) is 12.1 Å². The lowest BCUT2D eigenvalue weighted by Gasteiger charge is -2.32. The third-order valence-electron chi connectivity index (χ3n) is 5.30. The van der Waals surface area contributed by atoms with Crippen molar-refractivity contribution in [3.05, 3.63) is 84.2 Å². The molecule has 1 N–H and O–H groups in total. The molecule has 3 aromatic carbocycles. The van der Waals surface area contributed by atoms with E-state index in [1.54, 1.807) is 18.2 Å². The lowest BCUT2D eigenvalue weighted by Crippen LogP contribution is -2.44. The number of para-hydroxylation sites is 1. The van der Waals surface area contributed by atoms with Gasteiger partial charge in [-0.15, -0.1) is 0 Å². The Morgan fingerprint density at radius 3 is 2.62 bits per heavy atom. The van der Waals surface area contributed by atoms with Gasteiger partial charge in [-0.3, -0.25) is 14.5 Å². The molecule has 5 rings (SSSR count). The molecule has 9 heteroatoms. The maximum Gasteiger partial charge on any atom is 0.238 e. The molecule has 1 saturated heterocycles. The number of amides is 2. The van der Waals surface area contributed by atoms with Crippen LogP contribution in [0.2, 0.25) is 0 Å². The molecule has 1 fully saturated rings. The normalized spacial score (nSPS) is 18.3. The highest BCUT2D eigenvalue weighted by molar-refractivity contribution is 8.15. The molecule has 0 radical (unpaired) electrons. The van der Waals surface area contributed by atoms with Gasteiger partial charge in [0.05, 0.1) is 12.2 Å². The fraction of sp³-hybridized carbons (Fsp3) is 0.160.